The van der Waals surface area contributed by atoms with Crippen LogP contribution in [-0.2, 0) is 12.7 Å². The summed E-state index contributed by atoms with van der Waals surface area (Å²) < 4.78 is 53.1. The van der Waals surface area contributed by atoms with Gasteiger partial charge in [-0.05, 0) is 53.6 Å². The van der Waals surface area contributed by atoms with Crippen LogP contribution in [0.5, 0.6) is 0 Å². The van der Waals surface area contributed by atoms with Gasteiger partial charge >= 0.3 is 6.18 Å². The number of halogens is 4. The summed E-state index contributed by atoms with van der Waals surface area (Å²) in [6.07, 6.45) is -4.45. The molecule has 3 aromatic rings. The first-order valence-electron chi connectivity index (χ1n) is 7.46. The number of rotatable bonds is 3. The molecule has 0 unspecified atom stereocenters. The summed E-state index contributed by atoms with van der Waals surface area (Å²) in [6.45, 7) is -0.0176. The minimum absolute atomic E-state index is 0.0176. The van der Waals surface area contributed by atoms with Crippen LogP contribution in [0.15, 0.2) is 71.5 Å². The van der Waals surface area contributed by atoms with Crippen molar-refractivity contribution < 1.29 is 17.6 Å². The summed E-state index contributed by atoms with van der Waals surface area (Å²) in [5, 5.41) is 0. The van der Waals surface area contributed by atoms with E-state index < -0.39 is 17.6 Å². The van der Waals surface area contributed by atoms with Gasteiger partial charge in [-0.2, -0.15) is 13.2 Å². The minimum Gasteiger partial charge on any atom is -0.304 e. The zero-order chi connectivity index (χ0) is 18.0. The van der Waals surface area contributed by atoms with Crippen molar-refractivity contribution in [1.82, 2.24) is 4.57 Å². The smallest absolute Gasteiger partial charge is 0.304 e. The van der Waals surface area contributed by atoms with Crippen molar-refractivity contribution in [2.45, 2.75) is 12.7 Å². The number of pyridine rings is 1. The molecular formula is C19H13F4NO. The molecular weight excluding hydrogens is 334 g/mol. The van der Waals surface area contributed by atoms with Crippen molar-refractivity contribution in [3.63, 3.8) is 0 Å². The molecule has 2 aromatic carbocycles. The van der Waals surface area contributed by atoms with E-state index in [9.17, 15) is 22.4 Å². The van der Waals surface area contributed by atoms with Crippen molar-refractivity contribution in [2.75, 3.05) is 0 Å². The first-order valence-corrected chi connectivity index (χ1v) is 7.46. The van der Waals surface area contributed by atoms with E-state index in [0.717, 1.165) is 12.1 Å². The summed E-state index contributed by atoms with van der Waals surface area (Å²) in [4.78, 5) is 12.2. The van der Waals surface area contributed by atoms with Gasteiger partial charge in [0, 0.05) is 6.07 Å². The first-order chi connectivity index (χ1) is 11.8. The van der Waals surface area contributed by atoms with E-state index in [2.05, 4.69) is 0 Å². The third-order valence-corrected chi connectivity index (χ3v) is 3.78. The molecule has 0 aliphatic heterocycles. The second-order valence-corrected chi connectivity index (χ2v) is 5.54. The van der Waals surface area contributed by atoms with Gasteiger partial charge in [0.2, 0.25) is 0 Å². The quantitative estimate of drug-likeness (QED) is 0.628. The van der Waals surface area contributed by atoms with E-state index in [1.165, 1.54) is 47.0 Å². The summed E-state index contributed by atoms with van der Waals surface area (Å²) in [5.74, 6) is -0.411. The Labute approximate surface area is 141 Å². The summed E-state index contributed by atoms with van der Waals surface area (Å²) >= 11 is 0. The molecule has 0 radical (unpaired) electrons. The molecule has 2 nitrogen and oxygen atoms in total. The molecule has 1 aromatic heterocycles. The van der Waals surface area contributed by atoms with E-state index in [4.69, 9.17) is 0 Å². The lowest BCUT2D eigenvalue weighted by molar-refractivity contribution is -0.137. The van der Waals surface area contributed by atoms with E-state index >= 15 is 0 Å². The maximum absolute atomic E-state index is 13.1. The van der Waals surface area contributed by atoms with Crippen LogP contribution in [0.1, 0.15) is 11.1 Å². The van der Waals surface area contributed by atoms with Crippen molar-refractivity contribution in [3.05, 3.63) is 94.0 Å². The van der Waals surface area contributed by atoms with Crippen molar-refractivity contribution in [3.8, 4) is 11.3 Å². The van der Waals surface area contributed by atoms with Crippen LogP contribution in [-0.4, -0.2) is 4.57 Å². The maximum Gasteiger partial charge on any atom is 0.416 e. The fourth-order valence-electron chi connectivity index (χ4n) is 2.58. The highest BCUT2D eigenvalue weighted by Crippen LogP contribution is 2.30. The van der Waals surface area contributed by atoms with Crippen molar-refractivity contribution >= 4 is 0 Å². The fraction of sp³-hybridized carbons (Fsp3) is 0.105. The Morgan fingerprint density at radius 1 is 0.880 bits per heavy atom. The lowest BCUT2D eigenvalue weighted by Crippen LogP contribution is -2.21. The maximum atomic E-state index is 13.1. The Hall–Kier alpha value is -2.89. The van der Waals surface area contributed by atoms with Crippen LogP contribution >= 0.6 is 0 Å². The Morgan fingerprint density at radius 3 is 2.24 bits per heavy atom. The Bertz CT molecular complexity index is 943. The standard InChI is InChI=1S/C19H13F4NO/c20-16-9-7-14(8-10-16)17-5-2-6-18(25)24(17)12-13-3-1-4-15(11-13)19(21,22)23/h1-11H,12H2. The van der Waals surface area contributed by atoms with Gasteiger partial charge in [0.25, 0.3) is 5.56 Å². The summed E-state index contributed by atoms with van der Waals surface area (Å²) in [6, 6.07) is 15.0. The van der Waals surface area contributed by atoms with Crippen LogP contribution in [0, 0.1) is 5.82 Å². The van der Waals surface area contributed by atoms with E-state index in [-0.39, 0.29) is 12.1 Å². The Kier molecular flexibility index (Phi) is 4.44. The highest BCUT2D eigenvalue weighted by molar-refractivity contribution is 5.59. The van der Waals surface area contributed by atoms with E-state index in [0.29, 0.717) is 16.8 Å². The second-order valence-electron chi connectivity index (χ2n) is 5.54. The number of benzene rings is 2. The average Bonchev–Trinajstić information content (AvgIpc) is 2.57. The fourth-order valence-corrected chi connectivity index (χ4v) is 2.58. The molecule has 0 spiro atoms. The molecule has 0 saturated carbocycles. The van der Waals surface area contributed by atoms with Gasteiger partial charge in [0.05, 0.1) is 17.8 Å². The Morgan fingerprint density at radius 2 is 1.56 bits per heavy atom. The third kappa shape index (κ3) is 3.79. The number of aromatic nitrogens is 1. The van der Waals surface area contributed by atoms with Gasteiger partial charge in [-0.3, -0.25) is 4.79 Å². The number of alkyl halides is 3. The van der Waals surface area contributed by atoms with Gasteiger partial charge in [-0.25, -0.2) is 4.39 Å². The first kappa shape index (κ1) is 17.0. The van der Waals surface area contributed by atoms with Gasteiger partial charge in [-0.1, -0.05) is 18.2 Å². The van der Waals surface area contributed by atoms with Gasteiger partial charge in [0.15, 0.2) is 0 Å². The second kappa shape index (κ2) is 6.55. The van der Waals surface area contributed by atoms with E-state index in [1.807, 2.05) is 0 Å². The summed E-state index contributed by atoms with van der Waals surface area (Å²) in [7, 11) is 0. The van der Waals surface area contributed by atoms with Gasteiger partial charge in [-0.15, -0.1) is 0 Å². The molecule has 6 heteroatoms. The lowest BCUT2D eigenvalue weighted by Gasteiger charge is -2.14. The highest BCUT2D eigenvalue weighted by Gasteiger charge is 2.30. The topological polar surface area (TPSA) is 22.0 Å². The van der Waals surface area contributed by atoms with Crippen LogP contribution < -0.4 is 5.56 Å². The van der Waals surface area contributed by atoms with E-state index in [1.54, 1.807) is 12.1 Å². The van der Waals surface area contributed by atoms with Crippen molar-refractivity contribution in [1.29, 1.82) is 0 Å². The molecule has 0 N–H and O–H groups in total. The molecule has 0 amide bonds. The number of hydrogen-bond donors (Lipinski definition) is 0. The zero-order valence-corrected chi connectivity index (χ0v) is 12.9. The lowest BCUT2D eigenvalue weighted by atomic mass is 10.1. The molecule has 3 rings (SSSR count). The zero-order valence-electron chi connectivity index (χ0n) is 12.9. The minimum atomic E-state index is -4.45. The molecule has 0 atom stereocenters. The van der Waals surface area contributed by atoms with Crippen molar-refractivity contribution in [2.24, 2.45) is 0 Å². The molecule has 1 heterocycles. The molecule has 0 aliphatic carbocycles. The predicted octanol–water partition coefficient (Wildman–Crippen LogP) is 4.72. The van der Waals surface area contributed by atoms with Crippen LogP contribution in [0.2, 0.25) is 0 Å². The Balaban J connectivity index is 2.04. The average molecular weight is 347 g/mol. The van der Waals surface area contributed by atoms with Crippen LogP contribution in [0.4, 0.5) is 17.6 Å². The summed E-state index contributed by atoms with van der Waals surface area (Å²) in [5.41, 5.74) is 0.346. The SMILES string of the molecule is O=c1cccc(-c2ccc(F)cc2)n1Cc1cccc(C(F)(F)F)c1. The molecule has 0 saturated heterocycles. The molecule has 25 heavy (non-hydrogen) atoms. The van der Waals surface area contributed by atoms with Crippen LogP contribution in [0.25, 0.3) is 11.3 Å². The molecule has 128 valence electrons. The highest BCUT2D eigenvalue weighted by atomic mass is 19.4. The predicted molar refractivity (Wildman–Crippen MR) is 86.6 cm³/mol. The molecule has 0 bridgehead atoms. The largest absolute Gasteiger partial charge is 0.416 e. The molecule has 0 aliphatic rings. The van der Waals surface area contributed by atoms with Crippen LogP contribution in [0.3, 0.4) is 0 Å². The third-order valence-electron chi connectivity index (χ3n) is 3.78. The number of hydrogen-bond acceptors (Lipinski definition) is 1. The van der Waals surface area contributed by atoms with Gasteiger partial charge in [0.1, 0.15) is 5.82 Å². The van der Waals surface area contributed by atoms with Gasteiger partial charge < -0.3 is 4.57 Å². The monoisotopic (exact) mass is 347 g/mol. The normalized spacial score (nSPS) is 11.5. The number of nitrogens with zero attached hydrogens (tertiary/aromatic N) is 1. The molecule has 0 fully saturated rings.